The summed E-state index contributed by atoms with van der Waals surface area (Å²) < 4.78 is 0. The number of hydrogen-bond donors (Lipinski definition) is 1. The van der Waals surface area contributed by atoms with Gasteiger partial charge in [-0.25, -0.2) is 9.97 Å². The van der Waals surface area contributed by atoms with Crippen LogP contribution in [0, 0.1) is 0 Å². The number of rotatable bonds is 2. The van der Waals surface area contributed by atoms with Crippen LogP contribution in [-0.2, 0) is 0 Å². The second-order valence-corrected chi connectivity index (χ2v) is 5.44. The van der Waals surface area contributed by atoms with E-state index in [9.17, 15) is 0 Å². The molecule has 102 valence electrons. The number of nitrogens with one attached hydrogen (secondary N) is 1. The van der Waals surface area contributed by atoms with Gasteiger partial charge in [0.25, 0.3) is 0 Å². The molecule has 0 aliphatic rings. The van der Waals surface area contributed by atoms with E-state index < -0.39 is 0 Å². The Balaban J connectivity index is 1.94. The molecule has 1 aromatic carbocycles. The third kappa shape index (κ3) is 2.00. The number of anilines is 1. The maximum absolute atomic E-state index is 4.64. The van der Waals surface area contributed by atoms with Crippen molar-refractivity contribution in [3.63, 3.8) is 0 Å². The fraction of sp³-hybridized carbons (Fsp3) is 0.0667. The maximum atomic E-state index is 4.64. The molecular formula is C15H11N5S. The van der Waals surface area contributed by atoms with E-state index in [4.69, 9.17) is 0 Å². The highest BCUT2D eigenvalue weighted by Crippen LogP contribution is 2.28. The van der Waals surface area contributed by atoms with Crippen LogP contribution < -0.4 is 5.32 Å². The van der Waals surface area contributed by atoms with E-state index >= 15 is 0 Å². The number of fused-ring (bicyclic) bond motifs is 2. The molecule has 0 atom stereocenters. The highest BCUT2D eigenvalue weighted by Gasteiger charge is 2.10. The zero-order chi connectivity index (χ0) is 14.2. The molecule has 0 fully saturated rings. The summed E-state index contributed by atoms with van der Waals surface area (Å²) in [5.41, 5.74) is 2.65. The van der Waals surface area contributed by atoms with Crippen molar-refractivity contribution >= 4 is 38.4 Å². The molecule has 4 aromatic rings. The molecule has 0 aliphatic carbocycles. The predicted octanol–water partition coefficient (Wildman–Crippen LogP) is 3.34. The third-order valence-electron chi connectivity index (χ3n) is 3.29. The quantitative estimate of drug-likeness (QED) is 0.614. The summed E-state index contributed by atoms with van der Waals surface area (Å²) in [6.07, 6.45) is 3.38. The molecule has 0 saturated heterocycles. The lowest BCUT2D eigenvalue weighted by Gasteiger charge is -2.06. The van der Waals surface area contributed by atoms with Gasteiger partial charge in [0, 0.05) is 25.0 Å². The van der Waals surface area contributed by atoms with Crippen LogP contribution in [0.1, 0.15) is 0 Å². The first-order chi connectivity index (χ1) is 10.3. The maximum Gasteiger partial charge on any atom is 0.163 e. The van der Waals surface area contributed by atoms with Gasteiger partial charge in [-0.2, -0.15) is 0 Å². The van der Waals surface area contributed by atoms with Crippen LogP contribution in [0.5, 0.6) is 0 Å². The van der Waals surface area contributed by atoms with Gasteiger partial charge in [0.05, 0.1) is 16.4 Å². The van der Waals surface area contributed by atoms with Crippen molar-refractivity contribution in [3.8, 4) is 11.4 Å². The first-order valence-corrected chi connectivity index (χ1v) is 7.37. The molecule has 4 rings (SSSR count). The lowest BCUT2D eigenvalue weighted by atomic mass is 10.2. The minimum Gasteiger partial charge on any atom is -0.372 e. The summed E-state index contributed by atoms with van der Waals surface area (Å²) in [7, 11) is 1.87. The molecule has 6 heteroatoms. The average molecular weight is 293 g/mol. The zero-order valence-electron chi connectivity index (χ0n) is 11.2. The van der Waals surface area contributed by atoms with E-state index in [2.05, 4.69) is 25.3 Å². The van der Waals surface area contributed by atoms with Crippen molar-refractivity contribution < 1.29 is 0 Å². The Morgan fingerprint density at radius 1 is 1.00 bits per heavy atom. The standard InChI is InChI=1S/C15H11N5S/c1-16-14-10-4-7-21-15(10)20-13(19-14)9-2-3-11-12(8-9)18-6-5-17-11/h2-8H,1H3,(H,16,19,20). The lowest BCUT2D eigenvalue weighted by Crippen LogP contribution is -1.97. The number of aromatic nitrogens is 4. The van der Waals surface area contributed by atoms with Crippen LogP contribution in [0.3, 0.4) is 0 Å². The number of hydrogen-bond acceptors (Lipinski definition) is 6. The van der Waals surface area contributed by atoms with E-state index in [1.807, 2.05) is 36.7 Å². The van der Waals surface area contributed by atoms with Gasteiger partial charge in [0.15, 0.2) is 5.82 Å². The summed E-state index contributed by atoms with van der Waals surface area (Å²) in [6, 6.07) is 7.92. The molecule has 0 saturated carbocycles. The molecule has 0 aliphatic heterocycles. The van der Waals surface area contributed by atoms with Crippen molar-refractivity contribution in [2.75, 3.05) is 12.4 Å². The molecule has 0 radical (unpaired) electrons. The van der Waals surface area contributed by atoms with Crippen LogP contribution in [0.15, 0.2) is 42.0 Å². The van der Waals surface area contributed by atoms with E-state index in [-0.39, 0.29) is 0 Å². The summed E-state index contributed by atoms with van der Waals surface area (Å²) in [5.74, 6) is 1.54. The van der Waals surface area contributed by atoms with E-state index in [0.29, 0.717) is 5.82 Å². The van der Waals surface area contributed by atoms with Crippen molar-refractivity contribution in [2.45, 2.75) is 0 Å². The molecule has 3 heterocycles. The molecule has 0 bridgehead atoms. The van der Waals surface area contributed by atoms with Gasteiger partial charge in [-0.3, -0.25) is 9.97 Å². The predicted molar refractivity (Wildman–Crippen MR) is 85.5 cm³/mol. The number of nitrogens with zero attached hydrogens (tertiary/aromatic N) is 4. The summed E-state index contributed by atoms with van der Waals surface area (Å²) in [5, 5.41) is 6.20. The Morgan fingerprint density at radius 2 is 1.86 bits per heavy atom. The smallest absolute Gasteiger partial charge is 0.163 e. The number of thiophene rings is 1. The van der Waals surface area contributed by atoms with Gasteiger partial charge >= 0.3 is 0 Å². The average Bonchev–Trinajstić information content (AvgIpc) is 3.02. The summed E-state index contributed by atoms with van der Waals surface area (Å²) in [6.45, 7) is 0. The molecule has 0 spiro atoms. The van der Waals surface area contributed by atoms with E-state index in [0.717, 1.165) is 32.6 Å². The first-order valence-electron chi connectivity index (χ1n) is 6.49. The highest BCUT2D eigenvalue weighted by molar-refractivity contribution is 7.16. The minimum absolute atomic E-state index is 0.696. The molecule has 1 N–H and O–H groups in total. The molecule has 3 aromatic heterocycles. The SMILES string of the molecule is CNc1nc(-c2ccc3nccnc3c2)nc2sccc12. The lowest BCUT2D eigenvalue weighted by molar-refractivity contribution is 1.22. The van der Waals surface area contributed by atoms with Crippen LogP contribution in [0.25, 0.3) is 32.6 Å². The Morgan fingerprint density at radius 3 is 2.71 bits per heavy atom. The molecule has 0 amide bonds. The highest BCUT2D eigenvalue weighted by atomic mass is 32.1. The first kappa shape index (κ1) is 12.2. The van der Waals surface area contributed by atoms with Crippen molar-refractivity contribution in [1.29, 1.82) is 0 Å². The van der Waals surface area contributed by atoms with E-state index in [1.165, 1.54) is 0 Å². The molecule has 0 unspecified atom stereocenters. The fourth-order valence-electron chi connectivity index (χ4n) is 2.28. The number of benzene rings is 1. The zero-order valence-corrected chi connectivity index (χ0v) is 12.1. The normalized spacial score (nSPS) is 11.1. The van der Waals surface area contributed by atoms with Crippen molar-refractivity contribution in [1.82, 2.24) is 19.9 Å². The second-order valence-electron chi connectivity index (χ2n) is 4.55. The van der Waals surface area contributed by atoms with Crippen molar-refractivity contribution in [2.24, 2.45) is 0 Å². The third-order valence-corrected chi connectivity index (χ3v) is 4.10. The second kappa shape index (κ2) is 4.75. The van der Waals surface area contributed by atoms with Gasteiger partial charge in [-0.1, -0.05) is 0 Å². The molecule has 21 heavy (non-hydrogen) atoms. The Labute approximate surface area is 124 Å². The van der Waals surface area contributed by atoms with Crippen LogP contribution in [-0.4, -0.2) is 27.0 Å². The van der Waals surface area contributed by atoms with Crippen LogP contribution >= 0.6 is 11.3 Å². The van der Waals surface area contributed by atoms with Gasteiger partial charge in [0.2, 0.25) is 0 Å². The summed E-state index contributed by atoms with van der Waals surface area (Å²) >= 11 is 1.61. The van der Waals surface area contributed by atoms with Gasteiger partial charge in [-0.05, 0) is 29.6 Å². The minimum atomic E-state index is 0.696. The van der Waals surface area contributed by atoms with E-state index in [1.54, 1.807) is 23.7 Å². The topological polar surface area (TPSA) is 63.6 Å². The molecular weight excluding hydrogens is 282 g/mol. The summed E-state index contributed by atoms with van der Waals surface area (Å²) in [4.78, 5) is 18.8. The Hall–Kier alpha value is -2.60. The largest absolute Gasteiger partial charge is 0.372 e. The van der Waals surface area contributed by atoms with Gasteiger partial charge < -0.3 is 5.32 Å². The van der Waals surface area contributed by atoms with Crippen molar-refractivity contribution in [3.05, 3.63) is 42.0 Å². The monoisotopic (exact) mass is 293 g/mol. The fourth-order valence-corrected chi connectivity index (χ4v) is 3.04. The van der Waals surface area contributed by atoms with Gasteiger partial charge in [-0.15, -0.1) is 11.3 Å². The van der Waals surface area contributed by atoms with Crippen LogP contribution in [0.2, 0.25) is 0 Å². The van der Waals surface area contributed by atoms with Gasteiger partial charge in [0.1, 0.15) is 10.6 Å². The molecule has 5 nitrogen and oxygen atoms in total. The van der Waals surface area contributed by atoms with Crippen LogP contribution in [0.4, 0.5) is 5.82 Å². The Bertz CT molecular complexity index is 947. The Kier molecular flexibility index (Phi) is 2.75.